The van der Waals surface area contributed by atoms with Gasteiger partial charge in [-0.15, -0.1) is 0 Å². The number of ether oxygens (including phenoxy) is 2. The molecule has 0 radical (unpaired) electrons. The van der Waals surface area contributed by atoms with Gasteiger partial charge in [0.2, 0.25) is 0 Å². The topological polar surface area (TPSA) is 59.3 Å². The molecule has 0 aliphatic heterocycles. The molecule has 1 saturated carbocycles. The van der Waals surface area contributed by atoms with Gasteiger partial charge in [-0.25, -0.2) is 9.18 Å². The maximum absolute atomic E-state index is 13.7. The van der Waals surface area contributed by atoms with E-state index >= 15 is 0 Å². The Bertz CT molecular complexity index is 896. The van der Waals surface area contributed by atoms with Crippen LogP contribution in [0.5, 0.6) is 11.5 Å². The number of carbonyl (C=O) groups excluding carboxylic acids is 1. The number of carbonyl (C=O) groups is 1. The monoisotopic (exact) mass is 423 g/mol. The van der Waals surface area contributed by atoms with Gasteiger partial charge in [-0.3, -0.25) is 0 Å². The highest BCUT2D eigenvalue weighted by molar-refractivity contribution is 5.91. The normalized spacial score (nSPS) is 18.2. The van der Waals surface area contributed by atoms with Crippen molar-refractivity contribution in [1.82, 2.24) is 0 Å². The van der Waals surface area contributed by atoms with Crippen molar-refractivity contribution in [3.8, 4) is 17.6 Å². The van der Waals surface area contributed by atoms with Crippen molar-refractivity contribution in [2.45, 2.75) is 58.3 Å². The Morgan fingerprint density at radius 2 is 1.71 bits per heavy atom. The van der Waals surface area contributed by atoms with E-state index in [0.29, 0.717) is 18.1 Å². The molecule has 0 N–H and O–H groups in total. The van der Waals surface area contributed by atoms with Crippen molar-refractivity contribution in [1.29, 1.82) is 5.26 Å². The Hall–Kier alpha value is -2.87. The highest BCUT2D eigenvalue weighted by Gasteiger charge is 2.21. The number of esters is 1. The second kappa shape index (κ2) is 11.5. The van der Waals surface area contributed by atoms with E-state index in [-0.39, 0.29) is 11.3 Å². The molecular weight excluding hydrogens is 393 g/mol. The van der Waals surface area contributed by atoms with E-state index in [4.69, 9.17) is 14.7 Å². The highest BCUT2D eigenvalue weighted by Crippen LogP contribution is 2.32. The van der Waals surface area contributed by atoms with Crippen LogP contribution in [0, 0.1) is 29.0 Å². The minimum Gasteiger partial charge on any atom is -0.493 e. The number of benzene rings is 2. The lowest BCUT2D eigenvalue weighted by molar-refractivity contribution is 0.0734. The summed E-state index contributed by atoms with van der Waals surface area (Å²) in [6.45, 7) is 2.95. The molecule has 0 aromatic heterocycles. The smallest absolute Gasteiger partial charge is 0.343 e. The highest BCUT2D eigenvalue weighted by atomic mass is 19.1. The van der Waals surface area contributed by atoms with E-state index in [1.807, 2.05) is 0 Å². The number of halogens is 1. The number of unbranched alkanes of at least 4 members (excludes halogenated alkanes) is 2. The fourth-order valence-electron chi connectivity index (χ4n) is 4.09. The van der Waals surface area contributed by atoms with Gasteiger partial charge in [-0.1, -0.05) is 45.4 Å². The zero-order valence-corrected chi connectivity index (χ0v) is 18.1. The third-order valence-electron chi connectivity index (χ3n) is 6.03. The Labute approximate surface area is 184 Å². The number of hydrogen-bond donors (Lipinski definition) is 0. The summed E-state index contributed by atoms with van der Waals surface area (Å²) in [6, 6.07) is 12.2. The molecule has 1 fully saturated rings. The van der Waals surface area contributed by atoms with Gasteiger partial charge in [0.15, 0.2) is 0 Å². The van der Waals surface area contributed by atoms with Gasteiger partial charge in [0, 0.05) is 6.07 Å². The number of nitriles is 1. The maximum atomic E-state index is 13.7. The van der Waals surface area contributed by atoms with Crippen LogP contribution in [0.4, 0.5) is 4.39 Å². The third kappa shape index (κ3) is 6.82. The summed E-state index contributed by atoms with van der Waals surface area (Å²) in [5.74, 6) is 0.970. The second-order valence-electron chi connectivity index (χ2n) is 8.36. The summed E-state index contributed by atoms with van der Waals surface area (Å²) in [4.78, 5) is 12.3. The van der Waals surface area contributed by atoms with Gasteiger partial charge in [0.25, 0.3) is 0 Å². The molecule has 31 heavy (non-hydrogen) atoms. The van der Waals surface area contributed by atoms with Crippen LogP contribution in [0.15, 0.2) is 42.5 Å². The van der Waals surface area contributed by atoms with Crippen LogP contribution in [0.2, 0.25) is 0 Å². The molecule has 0 spiro atoms. The average molecular weight is 424 g/mol. The molecule has 4 nitrogen and oxygen atoms in total. The van der Waals surface area contributed by atoms with Crippen molar-refractivity contribution < 1.29 is 18.7 Å². The first kappa shape index (κ1) is 22.8. The third-order valence-corrected chi connectivity index (χ3v) is 6.03. The fraction of sp³-hybridized carbons (Fsp3) is 0.462. The van der Waals surface area contributed by atoms with E-state index < -0.39 is 11.8 Å². The van der Waals surface area contributed by atoms with Crippen LogP contribution < -0.4 is 9.47 Å². The minimum absolute atomic E-state index is 0.0622. The minimum atomic E-state index is -0.716. The lowest BCUT2D eigenvalue weighted by Crippen LogP contribution is -2.20. The van der Waals surface area contributed by atoms with Crippen molar-refractivity contribution in [3.63, 3.8) is 0 Å². The molecule has 1 aliphatic rings. The summed E-state index contributed by atoms with van der Waals surface area (Å²) in [5.41, 5.74) is 0.260. The van der Waals surface area contributed by atoms with Gasteiger partial charge in [0.1, 0.15) is 23.4 Å². The number of hydrogen-bond acceptors (Lipinski definition) is 4. The van der Waals surface area contributed by atoms with Crippen LogP contribution in [0.25, 0.3) is 0 Å². The SMILES string of the molecule is CCCCC[C@H]1CC[C@H](COc2ccc(C(=O)Oc3ccc(C#N)c(F)c3)cc2)CC1. The Balaban J connectivity index is 1.43. The van der Waals surface area contributed by atoms with Gasteiger partial charge < -0.3 is 9.47 Å². The molecule has 0 heterocycles. The Morgan fingerprint density at radius 3 is 2.35 bits per heavy atom. The summed E-state index contributed by atoms with van der Waals surface area (Å²) in [7, 11) is 0. The summed E-state index contributed by atoms with van der Waals surface area (Å²) in [6.07, 6.45) is 10.4. The lowest BCUT2D eigenvalue weighted by atomic mass is 9.80. The number of nitrogens with zero attached hydrogens (tertiary/aromatic N) is 1. The van der Waals surface area contributed by atoms with Crippen molar-refractivity contribution >= 4 is 5.97 Å². The molecule has 0 bridgehead atoms. The average Bonchev–Trinajstić information content (AvgIpc) is 2.79. The molecule has 1 aliphatic carbocycles. The second-order valence-corrected chi connectivity index (χ2v) is 8.36. The lowest BCUT2D eigenvalue weighted by Gasteiger charge is -2.28. The van der Waals surface area contributed by atoms with Gasteiger partial charge in [-0.05, 0) is 61.1 Å². The number of rotatable bonds is 9. The van der Waals surface area contributed by atoms with Gasteiger partial charge in [-0.2, -0.15) is 5.26 Å². The summed E-state index contributed by atoms with van der Waals surface area (Å²) in [5, 5.41) is 8.76. The van der Waals surface area contributed by atoms with E-state index in [1.54, 1.807) is 30.3 Å². The molecular formula is C26H30FNO3. The van der Waals surface area contributed by atoms with E-state index in [9.17, 15) is 9.18 Å². The molecule has 3 rings (SSSR count). The Kier molecular flexibility index (Phi) is 8.46. The molecule has 2 aromatic rings. The van der Waals surface area contributed by atoms with E-state index in [2.05, 4.69) is 6.92 Å². The van der Waals surface area contributed by atoms with Gasteiger partial charge in [0.05, 0.1) is 17.7 Å². The van der Waals surface area contributed by atoms with Crippen molar-refractivity contribution in [3.05, 3.63) is 59.4 Å². The standard InChI is InChI=1S/C26H30FNO3/c1-2-3-4-5-19-6-8-20(9-7-19)18-30-23-13-10-21(11-14-23)26(29)31-24-15-12-22(17-28)25(27)16-24/h10-16,19-20H,2-9,18H2,1H3/t19-,20-. The predicted molar refractivity (Wildman–Crippen MR) is 118 cm³/mol. The van der Waals surface area contributed by atoms with Crippen LogP contribution in [-0.4, -0.2) is 12.6 Å². The van der Waals surface area contributed by atoms with Crippen LogP contribution in [0.3, 0.4) is 0 Å². The first-order valence-electron chi connectivity index (χ1n) is 11.2. The van der Waals surface area contributed by atoms with Crippen LogP contribution >= 0.6 is 0 Å². The van der Waals surface area contributed by atoms with Crippen molar-refractivity contribution in [2.24, 2.45) is 11.8 Å². The molecule has 5 heteroatoms. The Morgan fingerprint density at radius 1 is 1.03 bits per heavy atom. The first-order valence-corrected chi connectivity index (χ1v) is 11.2. The molecule has 2 aromatic carbocycles. The molecule has 164 valence electrons. The quantitative estimate of drug-likeness (QED) is 0.256. The van der Waals surface area contributed by atoms with Gasteiger partial charge >= 0.3 is 5.97 Å². The summed E-state index contributed by atoms with van der Waals surface area (Å²) < 4.78 is 24.8. The zero-order chi connectivity index (χ0) is 22.1. The zero-order valence-electron chi connectivity index (χ0n) is 18.1. The summed E-state index contributed by atoms with van der Waals surface area (Å²) >= 11 is 0. The molecule has 0 unspecified atom stereocenters. The fourth-order valence-corrected chi connectivity index (χ4v) is 4.09. The predicted octanol–water partition coefficient (Wildman–Crippen LogP) is 6.68. The van der Waals surface area contributed by atoms with Crippen LogP contribution in [0.1, 0.15) is 74.2 Å². The van der Waals surface area contributed by atoms with E-state index in [1.165, 1.54) is 63.5 Å². The first-order chi connectivity index (χ1) is 15.1. The largest absolute Gasteiger partial charge is 0.493 e. The van der Waals surface area contributed by atoms with E-state index in [0.717, 1.165) is 17.7 Å². The van der Waals surface area contributed by atoms with Crippen molar-refractivity contribution in [2.75, 3.05) is 6.61 Å². The van der Waals surface area contributed by atoms with Crippen LogP contribution in [-0.2, 0) is 0 Å². The maximum Gasteiger partial charge on any atom is 0.343 e. The molecule has 0 saturated heterocycles. The molecule has 0 amide bonds. The molecule has 0 atom stereocenters.